The number of rotatable bonds is 3. The Bertz CT molecular complexity index is 806. The fourth-order valence-electron chi connectivity index (χ4n) is 2.20. The van der Waals surface area contributed by atoms with Crippen LogP contribution in [0.2, 0.25) is 0 Å². The molecule has 0 aliphatic carbocycles. The van der Waals surface area contributed by atoms with Gasteiger partial charge in [0, 0.05) is 17.4 Å². The number of carbonyl (C=O) groups excluding carboxylic acids is 1. The molecule has 2 aromatic rings. The van der Waals surface area contributed by atoms with E-state index in [4.69, 9.17) is 4.74 Å². The molecule has 24 heavy (non-hydrogen) atoms. The first kappa shape index (κ1) is 17.8. The van der Waals surface area contributed by atoms with Gasteiger partial charge in [0.05, 0.1) is 11.4 Å². The summed E-state index contributed by atoms with van der Waals surface area (Å²) in [6.45, 7) is 7.41. The number of thiocarbonyl (C=S) groups is 1. The first-order chi connectivity index (χ1) is 11.3. The van der Waals surface area contributed by atoms with Gasteiger partial charge in [-0.05, 0) is 69.2 Å². The lowest BCUT2D eigenvalue weighted by atomic mass is 10.0. The Morgan fingerprint density at radius 1 is 1.33 bits per heavy atom. The van der Waals surface area contributed by atoms with Gasteiger partial charge in [-0.15, -0.1) is 0 Å². The van der Waals surface area contributed by atoms with Crippen LogP contribution in [0.1, 0.15) is 26.3 Å². The largest absolute Gasteiger partial charge is 0.444 e. The Balaban J connectivity index is 2.36. The number of hydrogen-bond acceptors (Lipinski definition) is 5. The molecule has 0 unspecified atom stereocenters. The summed E-state index contributed by atoms with van der Waals surface area (Å²) in [7, 11) is 0. The molecule has 0 atom stereocenters. The summed E-state index contributed by atoms with van der Waals surface area (Å²) in [6.07, 6.45) is 2.81. The lowest BCUT2D eigenvalue weighted by molar-refractivity contribution is 0.0636. The van der Waals surface area contributed by atoms with Crippen LogP contribution in [0.15, 0.2) is 41.7 Å². The molecule has 5 nitrogen and oxygen atoms in total. The minimum Gasteiger partial charge on any atom is -0.444 e. The van der Waals surface area contributed by atoms with E-state index in [0.717, 1.165) is 16.7 Å². The predicted molar refractivity (Wildman–Crippen MR) is 99.0 cm³/mol. The molecule has 0 aliphatic rings. The summed E-state index contributed by atoms with van der Waals surface area (Å²) in [5.74, 6) is 0. The van der Waals surface area contributed by atoms with Crippen LogP contribution < -0.4 is 5.32 Å². The molecular weight excluding hydrogens is 322 g/mol. The van der Waals surface area contributed by atoms with E-state index in [1.54, 1.807) is 12.4 Å². The van der Waals surface area contributed by atoms with Crippen molar-refractivity contribution in [3.8, 4) is 11.1 Å². The number of aromatic nitrogens is 1. The number of isothiocyanates is 1. The number of aliphatic imine (C=N–C) groups is 1. The van der Waals surface area contributed by atoms with Crippen LogP contribution in [0.4, 0.5) is 16.2 Å². The molecule has 0 saturated carbocycles. The molecule has 0 radical (unpaired) electrons. The first-order valence-electron chi connectivity index (χ1n) is 7.42. The highest BCUT2D eigenvalue weighted by Gasteiger charge is 2.16. The lowest BCUT2D eigenvalue weighted by Crippen LogP contribution is -2.27. The first-order valence-corrected chi connectivity index (χ1v) is 7.83. The molecule has 1 amide bonds. The molecule has 0 fully saturated rings. The van der Waals surface area contributed by atoms with Crippen molar-refractivity contribution in [1.29, 1.82) is 0 Å². The third-order valence-corrected chi connectivity index (χ3v) is 3.09. The highest BCUT2D eigenvalue weighted by molar-refractivity contribution is 7.78. The van der Waals surface area contributed by atoms with Crippen LogP contribution in [0.25, 0.3) is 11.1 Å². The zero-order valence-corrected chi connectivity index (χ0v) is 14.9. The smallest absolute Gasteiger partial charge is 0.412 e. The van der Waals surface area contributed by atoms with Gasteiger partial charge in [0.25, 0.3) is 0 Å². The number of nitrogens with one attached hydrogen (secondary N) is 1. The van der Waals surface area contributed by atoms with Crippen LogP contribution >= 0.6 is 12.2 Å². The summed E-state index contributed by atoms with van der Waals surface area (Å²) in [6, 6.07) is 7.57. The molecule has 124 valence electrons. The van der Waals surface area contributed by atoms with Crippen molar-refractivity contribution in [2.45, 2.75) is 33.3 Å². The van der Waals surface area contributed by atoms with E-state index < -0.39 is 11.7 Å². The predicted octanol–water partition coefficient (Wildman–Crippen LogP) is 5.14. The Labute approximate surface area is 146 Å². The van der Waals surface area contributed by atoms with E-state index in [9.17, 15) is 4.79 Å². The second-order valence-corrected chi connectivity index (χ2v) is 6.49. The van der Waals surface area contributed by atoms with Gasteiger partial charge in [-0.3, -0.25) is 10.3 Å². The van der Waals surface area contributed by atoms with Crippen molar-refractivity contribution in [2.75, 3.05) is 5.32 Å². The van der Waals surface area contributed by atoms with E-state index >= 15 is 0 Å². The molecule has 1 N–H and O–H groups in total. The van der Waals surface area contributed by atoms with E-state index in [0.29, 0.717) is 11.4 Å². The van der Waals surface area contributed by atoms with Crippen molar-refractivity contribution in [1.82, 2.24) is 4.98 Å². The third kappa shape index (κ3) is 4.98. The van der Waals surface area contributed by atoms with Crippen LogP contribution in [-0.4, -0.2) is 21.8 Å². The lowest BCUT2D eigenvalue weighted by Gasteiger charge is -2.20. The molecule has 0 saturated heterocycles. The zero-order chi connectivity index (χ0) is 17.7. The van der Waals surface area contributed by atoms with Gasteiger partial charge in [-0.25, -0.2) is 4.79 Å². The highest BCUT2D eigenvalue weighted by atomic mass is 32.1. The Morgan fingerprint density at radius 3 is 2.75 bits per heavy atom. The number of aryl methyl sites for hydroxylation is 1. The zero-order valence-electron chi connectivity index (χ0n) is 14.1. The van der Waals surface area contributed by atoms with Crippen LogP contribution in [0.5, 0.6) is 0 Å². The van der Waals surface area contributed by atoms with Crippen molar-refractivity contribution >= 4 is 34.8 Å². The van der Waals surface area contributed by atoms with Gasteiger partial charge in [-0.1, -0.05) is 6.07 Å². The summed E-state index contributed by atoms with van der Waals surface area (Å²) in [5.41, 5.74) is 3.47. The second-order valence-electron chi connectivity index (χ2n) is 6.31. The molecule has 0 aliphatic heterocycles. The molecular formula is C18H19N3O2S. The van der Waals surface area contributed by atoms with Gasteiger partial charge in [0.2, 0.25) is 0 Å². The molecule has 0 bridgehead atoms. The summed E-state index contributed by atoms with van der Waals surface area (Å²) < 4.78 is 5.29. The average Bonchev–Trinajstić information content (AvgIpc) is 2.45. The number of carbonyl (C=O) groups is 1. The van der Waals surface area contributed by atoms with Gasteiger partial charge in [0.15, 0.2) is 0 Å². The maximum atomic E-state index is 12.0. The van der Waals surface area contributed by atoms with Crippen molar-refractivity contribution < 1.29 is 9.53 Å². The van der Waals surface area contributed by atoms with Gasteiger partial charge in [0.1, 0.15) is 11.3 Å². The fraction of sp³-hybridized carbons (Fsp3) is 0.278. The van der Waals surface area contributed by atoms with Gasteiger partial charge >= 0.3 is 6.09 Å². The fourth-order valence-corrected chi connectivity index (χ4v) is 2.30. The number of amides is 1. The van der Waals surface area contributed by atoms with E-state index in [1.165, 1.54) is 0 Å². The van der Waals surface area contributed by atoms with Gasteiger partial charge < -0.3 is 4.74 Å². The molecule has 0 spiro atoms. The number of nitrogens with zero attached hydrogens (tertiary/aromatic N) is 2. The number of hydrogen-bond donors (Lipinski definition) is 1. The van der Waals surface area contributed by atoms with Crippen LogP contribution in [0, 0.1) is 6.92 Å². The monoisotopic (exact) mass is 341 g/mol. The van der Waals surface area contributed by atoms with E-state index in [-0.39, 0.29) is 0 Å². The van der Waals surface area contributed by atoms with E-state index in [2.05, 4.69) is 32.7 Å². The molecule has 1 aromatic heterocycles. The molecule has 2 rings (SSSR count). The summed E-state index contributed by atoms with van der Waals surface area (Å²) in [4.78, 5) is 20.1. The Kier molecular flexibility index (Phi) is 5.44. The summed E-state index contributed by atoms with van der Waals surface area (Å²) in [5, 5.41) is 5.12. The van der Waals surface area contributed by atoms with Crippen molar-refractivity contribution in [2.24, 2.45) is 4.99 Å². The van der Waals surface area contributed by atoms with Gasteiger partial charge in [-0.2, -0.15) is 4.99 Å². The third-order valence-electron chi connectivity index (χ3n) is 3.00. The minimum atomic E-state index is -0.553. The normalized spacial score (nSPS) is 10.7. The standard InChI is InChI=1S/C18H19N3O2S/c1-12-7-13(15-5-6-19-10-16(15)20-11-24)9-14(8-12)21-17(22)23-18(2,3)4/h5-10H,1-4H3,(H,21,22). The quantitative estimate of drug-likeness (QED) is 0.620. The maximum absolute atomic E-state index is 12.0. The highest BCUT2D eigenvalue weighted by Crippen LogP contribution is 2.31. The Hall–Kier alpha value is -2.56. The summed E-state index contributed by atoms with van der Waals surface area (Å²) >= 11 is 4.68. The second kappa shape index (κ2) is 7.34. The van der Waals surface area contributed by atoms with Crippen LogP contribution in [0.3, 0.4) is 0 Å². The number of pyridine rings is 1. The number of anilines is 1. The van der Waals surface area contributed by atoms with Crippen molar-refractivity contribution in [3.05, 3.63) is 42.2 Å². The molecule has 1 heterocycles. The van der Waals surface area contributed by atoms with Crippen molar-refractivity contribution in [3.63, 3.8) is 0 Å². The average molecular weight is 341 g/mol. The minimum absolute atomic E-state index is 0.495. The molecule has 6 heteroatoms. The molecule has 1 aromatic carbocycles. The van der Waals surface area contributed by atoms with Crippen LogP contribution in [-0.2, 0) is 4.74 Å². The Morgan fingerprint density at radius 2 is 2.08 bits per heavy atom. The topological polar surface area (TPSA) is 63.6 Å². The number of ether oxygens (including phenoxy) is 1. The van der Waals surface area contributed by atoms with E-state index in [1.807, 2.05) is 52.0 Å². The maximum Gasteiger partial charge on any atom is 0.412 e. The SMILES string of the molecule is Cc1cc(NC(=O)OC(C)(C)C)cc(-c2ccncc2N=C=S)c1. The number of benzene rings is 1.